The van der Waals surface area contributed by atoms with Gasteiger partial charge in [0.05, 0.1) is 10.6 Å². The number of aromatic nitrogens is 2. The molecule has 0 aliphatic carbocycles. The van der Waals surface area contributed by atoms with Crippen LogP contribution in [0.5, 0.6) is 0 Å². The average Bonchev–Trinajstić information content (AvgIpc) is 2.29. The summed E-state index contributed by atoms with van der Waals surface area (Å²) in [6, 6.07) is 7.75. The van der Waals surface area contributed by atoms with Gasteiger partial charge in [-0.25, -0.2) is 9.97 Å². The van der Waals surface area contributed by atoms with Crippen molar-refractivity contribution in [2.45, 2.75) is 0 Å². The highest BCUT2D eigenvalue weighted by atomic mass is 35.5. The summed E-state index contributed by atoms with van der Waals surface area (Å²) in [7, 11) is 0. The summed E-state index contributed by atoms with van der Waals surface area (Å²) in [5.41, 5.74) is 1.22. The Kier molecular flexibility index (Phi) is 2.78. The Bertz CT molecular complexity index is 545. The van der Waals surface area contributed by atoms with Crippen LogP contribution in [0.25, 0.3) is 11.3 Å². The van der Waals surface area contributed by atoms with Crippen molar-refractivity contribution in [3.05, 3.63) is 51.9 Å². The van der Waals surface area contributed by atoms with Crippen LogP contribution < -0.4 is 0 Å². The number of nitro benzene ring substituents is 1. The van der Waals surface area contributed by atoms with Crippen molar-refractivity contribution in [1.82, 2.24) is 9.97 Å². The molecule has 0 atom stereocenters. The molecule has 80 valence electrons. The summed E-state index contributed by atoms with van der Waals surface area (Å²) in [6.07, 6.45) is 1.32. The van der Waals surface area contributed by atoms with Crippen LogP contribution in [0.15, 0.2) is 36.7 Å². The first-order valence-corrected chi connectivity index (χ1v) is 4.77. The minimum Gasteiger partial charge on any atom is -0.258 e. The molecule has 0 bridgehead atoms. The molecule has 0 aliphatic rings. The quantitative estimate of drug-likeness (QED) is 0.456. The Balaban J connectivity index is 2.48. The van der Waals surface area contributed by atoms with Crippen molar-refractivity contribution >= 4 is 17.3 Å². The maximum absolute atomic E-state index is 10.6. The molecule has 0 fully saturated rings. The highest BCUT2D eigenvalue weighted by Gasteiger charge is 2.08. The van der Waals surface area contributed by atoms with E-state index >= 15 is 0 Å². The number of benzene rings is 1. The minimum absolute atomic E-state index is 0.0206. The molecule has 0 amide bonds. The largest absolute Gasteiger partial charge is 0.270 e. The maximum Gasteiger partial charge on any atom is 0.270 e. The van der Waals surface area contributed by atoms with Crippen LogP contribution in [-0.4, -0.2) is 14.9 Å². The molecule has 16 heavy (non-hydrogen) atoms. The van der Waals surface area contributed by atoms with Crippen molar-refractivity contribution in [1.29, 1.82) is 0 Å². The van der Waals surface area contributed by atoms with Crippen molar-refractivity contribution < 1.29 is 4.92 Å². The second-order valence-corrected chi connectivity index (χ2v) is 3.42. The lowest BCUT2D eigenvalue weighted by Crippen LogP contribution is -1.90. The fourth-order valence-electron chi connectivity index (χ4n) is 1.27. The lowest BCUT2D eigenvalue weighted by molar-refractivity contribution is -0.384. The molecule has 1 aromatic carbocycles. The number of hydrogen-bond donors (Lipinski definition) is 0. The van der Waals surface area contributed by atoms with E-state index in [0.717, 1.165) is 0 Å². The zero-order valence-electron chi connectivity index (χ0n) is 8.00. The molecular formula is C10H6ClN3O2. The zero-order valence-corrected chi connectivity index (χ0v) is 8.76. The molecule has 6 heteroatoms. The van der Waals surface area contributed by atoms with Gasteiger partial charge in [0.25, 0.3) is 5.69 Å². The van der Waals surface area contributed by atoms with E-state index in [1.165, 1.54) is 18.5 Å². The molecule has 0 spiro atoms. The molecule has 2 rings (SSSR count). The van der Waals surface area contributed by atoms with Crippen LogP contribution in [0, 0.1) is 10.1 Å². The van der Waals surface area contributed by atoms with Gasteiger partial charge in [-0.2, -0.15) is 0 Å². The molecule has 0 unspecified atom stereocenters. The average molecular weight is 236 g/mol. The van der Waals surface area contributed by atoms with E-state index in [9.17, 15) is 10.1 Å². The number of halogens is 1. The van der Waals surface area contributed by atoms with Gasteiger partial charge >= 0.3 is 0 Å². The van der Waals surface area contributed by atoms with Gasteiger partial charge in [-0.05, 0) is 0 Å². The molecule has 0 aliphatic heterocycles. The summed E-state index contributed by atoms with van der Waals surface area (Å²) in [5.74, 6) is 0. The van der Waals surface area contributed by atoms with Gasteiger partial charge in [0.15, 0.2) is 0 Å². The van der Waals surface area contributed by atoms with Crippen LogP contribution >= 0.6 is 11.6 Å². The Labute approximate surface area is 95.9 Å². The Morgan fingerprint density at radius 3 is 2.75 bits per heavy atom. The number of nitrogens with zero attached hydrogens (tertiary/aromatic N) is 3. The van der Waals surface area contributed by atoms with E-state index in [1.54, 1.807) is 18.2 Å². The molecular weight excluding hydrogens is 230 g/mol. The number of rotatable bonds is 2. The summed E-state index contributed by atoms with van der Waals surface area (Å²) in [6.45, 7) is 0. The summed E-state index contributed by atoms with van der Waals surface area (Å²) < 4.78 is 0. The fourth-order valence-corrected chi connectivity index (χ4v) is 1.42. The lowest BCUT2D eigenvalue weighted by Gasteiger charge is -2.00. The molecule has 0 N–H and O–H groups in total. The van der Waals surface area contributed by atoms with E-state index in [4.69, 9.17) is 11.6 Å². The normalized spacial score (nSPS) is 10.1. The van der Waals surface area contributed by atoms with Gasteiger partial charge in [-0.3, -0.25) is 10.1 Å². The van der Waals surface area contributed by atoms with E-state index in [1.807, 2.05) is 0 Å². The Morgan fingerprint density at radius 2 is 2.06 bits per heavy atom. The van der Waals surface area contributed by atoms with Crippen LogP contribution in [-0.2, 0) is 0 Å². The number of non-ortho nitro benzene ring substituents is 1. The Morgan fingerprint density at radius 1 is 1.25 bits per heavy atom. The van der Waals surface area contributed by atoms with Crippen LogP contribution in [0.3, 0.4) is 0 Å². The topological polar surface area (TPSA) is 68.9 Å². The SMILES string of the molecule is O=[N+]([O-])c1cccc(-c2cc(Cl)ncn2)c1. The molecule has 1 aromatic heterocycles. The zero-order chi connectivity index (χ0) is 11.5. The highest BCUT2D eigenvalue weighted by Crippen LogP contribution is 2.22. The lowest BCUT2D eigenvalue weighted by atomic mass is 10.1. The monoisotopic (exact) mass is 235 g/mol. The van der Waals surface area contributed by atoms with E-state index < -0.39 is 4.92 Å². The third-order valence-corrected chi connectivity index (χ3v) is 2.19. The third kappa shape index (κ3) is 2.14. The first kappa shape index (κ1) is 10.5. The van der Waals surface area contributed by atoms with E-state index in [2.05, 4.69) is 9.97 Å². The van der Waals surface area contributed by atoms with Gasteiger partial charge in [0.1, 0.15) is 11.5 Å². The molecule has 0 saturated heterocycles. The van der Waals surface area contributed by atoms with E-state index in [-0.39, 0.29) is 5.69 Å². The predicted molar refractivity (Wildman–Crippen MR) is 59.1 cm³/mol. The van der Waals surface area contributed by atoms with Crippen molar-refractivity contribution in [2.24, 2.45) is 0 Å². The standard InChI is InChI=1S/C10H6ClN3O2/c11-10-5-9(12-6-13-10)7-2-1-3-8(4-7)14(15)16/h1-6H. The number of hydrogen-bond acceptors (Lipinski definition) is 4. The summed E-state index contributed by atoms with van der Waals surface area (Å²) in [4.78, 5) is 17.9. The molecule has 1 heterocycles. The molecule has 0 radical (unpaired) electrons. The van der Waals surface area contributed by atoms with Gasteiger partial charge < -0.3 is 0 Å². The summed E-state index contributed by atoms with van der Waals surface area (Å²) >= 11 is 5.71. The third-order valence-electron chi connectivity index (χ3n) is 1.99. The number of nitro groups is 1. The van der Waals surface area contributed by atoms with E-state index in [0.29, 0.717) is 16.4 Å². The Hall–Kier alpha value is -2.01. The van der Waals surface area contributed by atoms with Gasteiger partial charge in [0.2, 0.25) is 0 Å². The molecule has 2 aromatic rings. The second kappa shape index (κ2) is 4.24. The van der Waals surface area contributed by atoms with Gasteiger partial charge in [-0.15, -0.1) is 0 Å². The van der Waals surface area contributed by atoms with Crippen molar-refractivity contribution in [3.63, 3.8) is 0 Å². The molecule has 5 nitrogen and oxygen atoms in total. The van der Waals surface area contributed by atoms with Crippen LogP contribution in [0.1, 0.15) is 0 Å². The van der Waals surface area contributed by atoms with Gasteiger partial charge in [0, 0.05) is 23.8 Å². The van der Waals surface area contributed by atoms with Crippen LogP contribution in [0.2, 0.25) is 5.15 Å². The first-order chi connectivity index (χ1) is 7.66. The van der Waals surface area contributed by atoms with Crippen LogP contribution in [0.4, 0.5) is 5.69 Å². The summed E-state index contributed by atoms with van der Waals surface area (Å²) in [5, 5.41) is 10.9. The van der Waals surface area contributed by atoms with Gasteiger partial charge in [-0.1, -0.05) is 23.7 Å². The molecule has 0 saturated carbocycles. The second-order valence-electron chi connectivity index (χ2n) is 3.03. The maximum atomic E-state index is 10.6. The first-order valence-electron chi connectivity index (χ1n) is 4.39. The highest BCUT2D eigenvalue weighted by molar-refractivity contribution is 6.29. The predicted octanol–water partition coefficient (Wildman–Crippen LogP) is 2.71. The minimum atomic E-state index is -0.452. The smallest absolute Gasteiger partial charge is 0.258 e. The van der Waals surface area contributed by atoms with Crippen molar-refractivity contribution in [3.8, 4) is 11.3 Å². The fraction of sp³-hybridized carbons (Fsp3) is 0. The van der Waals surface area contributed by atoms with Crippen molar-refractivity contribution in [2.75, 3.05) is 0 Å².